The number of imide groups is 1. The number of amides is 2. The molecule has 3 aliphatic carbocycles. The van der Waals surface area contributed by atoms with Gasteiger partial charge in [-0.3, -0.25) is 29.4 Å². The quantitative estimate of drug-likeness (QED) is 0.146. The fourth-order valence-corrected chi connectivity index (χ4v) is 7.20. The van der Waals surface area contributed by atoms with Crippen molar-refractivity contribution in [3.8, 4) is 0 Å². The Morgan fingerprint density at radius 3 is 1.71 bits per heavy atom. The van der Waals surface area contributed by atoms with Gasteiger partial charge in [0.15, 0.2) is 0 Å². The van der Waals surface area contributed by atoms with Gasteiger partial charge in [-0.25, -0.2) is 0 Å². The van der Waals surface area contributed by atoms with E-state index < -0.39 is 44.3 Å². The molecular weight excluding hydrogens is 531 g/mol. The number of nitro groups is 1. The van der Waals surface area contributed by atoms with Gasteiger partial charge in [-0.15, -0.1) is 23.2 Å². The number of hydrogen-bond donors (Lipinski definition) is 0. The standard InChI is InChI=1S/C28H20Cl2N2O6/c29-27-18-5-1-2-6-19(18)28(30,21-8-4-3-7-20(21)27)24-23(27)25(34)31(26(24)35)14-13-22(33)38-15-16-9-11-17(12-10-16)32(36)37/h1-12,23-24H,13-15H2/t23-,24-,27?,28?/m0/s1. The second-order valence-electron chi connectivity index (χ2n) is 9.63. The molecule has 1 saturated heterocycles. The normalized spacial score (nSPS) is 26.5. The van der Waals surface area contributed by atoms with Crippen molar-refractivity contribution in [1.29, 1.82) is 0 Å². The molecule has 8 nitrogen and oxygen atoms in total. The van der Waals surface area contributed by atoms with Crippen LogP contribution in [-0.4, -0.2) is 34.2 Å². The molecule has 2 amide bonds. The lowest BCUT2D eigenvalue weighted by Crippen LogP contribution is -2.57. The van der Waals surface area contributed by atoms with Crippen LogP contribution in [0.4, 0.5) is 5.69 Å². The van der Waals surface area contributed by atoms with Crippen LogP contribution in [0.2, 0.25) is 0 Å². The van der Waals surface area contributed by atoms with Gasteiger partial charge in [-0.05, 0) is 39.9 Å². The maximum absolute atomic E-state index is 13.7. The average molecular weight is 551 g/mol. The summed E-state index contributed by atoms with van der Waals surface area (Å²) in [5, 5.41) is 10.8. The third-order valence-electron chi connectivity index (χ3n) is 7.76. The van der Waals surface area contributed by atoms with E-state index in [2.05, 4.69) is 0 Å². The van der Waals surface area contributed by atoms with Crippen molar-refractivity contribution in [2.45, 2.75) is 22.8 Å². The highest BCUT2D eigenvalue weighted by molar-refractivity contribution is 6.36. The molecule has 10 heteroatoms. The van der Waals surface area contributed by atoms with Crippen molar-refractivity contribution < 1.29 is 24.0 Å². The lowest BCUT2D eigenvalue weighted by Gasteiger charge is -2.54. The molecule has 0 aromatic heterocycles. The molecule has 7 rings (SSSR count). The zero-order valence-corrected chi connectivity index (χ0v) is 21.3. The zero-order chi connectivity index (χ0) is 26.8. The molecule has 0 unspecified atom stereocenters. The van der Waals surface area contributed by atoms with Crippen LogP contribution in [-0.2, 0) is 35.5 Å². The molecule has 2 atom stereocenters. The average Bonchev–Trinajstić information content (AvgIpc) is 3.19. The summed E-state index contributed by atoms with van der Waals surface area (Å²) in [7, 11) is 0. The summed E-state index contributed by atoms with van der Waals surface area (Å²) >= 11 is 14.7. The number of non-ortho nitro benzene ring substituents is 1. The number of benzene rings is 3. The molecule has 0 spiro atoms. The fourth-order valence-electron chi connectivity index (χ4n) is 6.10. The van der Waals surface area contributed by atoms with Crippen LogP contribution < -0.4 is 0 Å². The Morgan fingerprint density at radius 1 is 0.842 bits per heavy atom. The van der Waals surface area contributed by atoms with Crippen molar-refractivity contribution in [2.24, 2.45) is 11.8 Å². The number of ether oxygens (including phenoxy) is 1. The predicted octanol–water partition coefficient (Wildman–Crippen LogP) is 4.62. The van der Waals surface area contributed by atoms with E-state index in [1.165, 1.54) is 24.3 Å². The summed E-state index contributed by atoms with van der Waals surface area (Å²) in [5.74, 6) is -3.39. The Kier molecular flexibility index (Phi) is 5.59. The molecule has 1 aliphatic heterocycles. The first-order chi connectivity index (χ1) is 18.2. The summed E-state index contributed by atoms with van der Waals surface area (Å²) < 4.78 is 5.26. The number of esters is 1. The molecule has 0 radical (unpaired) electrons. The van der Waals surface area contributed by atoms with E-state index in [1.807, 2.05) is 48.5 Å². The first-order valence-electron chi connectivity index (χ1n) is 12.0. The van der Waals surface area contributed by atoms with Crippen molar-refractivity contribution in [3.05, 3.63) is 111 Å². The number of nitro benzene ring substituents is 1. The molecule has 3 aromatic carbocycles. The smallest absolute Gasteiger partial charge is 0.307 e. The summed E-state index contributed by atoms with van der Waals surface area (Å²) in [6.45, 7) is -0.263. The van der Waals surface area contributed by atoms with Crippen molar-refractivity contribution in [3.63, 3.8) is 0 Å². The first kappa shape index (κ1) is 24.6. The van der Waals surface area contributed by atoms with Crippen LogP contribution in [0.25, 0.3) is 0 Å². The van der Waals surface area contributed by atoms with Crippen LogP contribution in [0, 0.1) is 22.0 Å². The summed E-state index contributed by atoms with van der Waals surface area (Å²) in [4.78, 5) is 48.8. The molecule has 38 heavy (non-hydrogen) atoms. The van der Waals surface area contributed by atoms with E-state index in [1.54, 1.807) is 0 Å². The third kappa shape index (κ3) is 3.26. The lowest BCUT2D eigenvalue weighted by atomic mass is 9.54. The molecule has 1 heterocycles. The number of halogens is 2. The predicted molar refractivity (Wildman–Crippen MR) is 137 cm³/mol. The molecule has 3 aromatic rings. The maximum Gasteiger partial charge on any atom is 0.307 e. The minimum atomic E-state index is -1.27. The van der Waals surface area contributed by atoms with Crippen LogP contribution in [0.1, 0.15) is 34.2 Å². The number of rotatable bonds is 6. The Bertz CT molecular complexity index is 1400. The number of likely N-dealkylation sites (tertiary alicyclic amines) is 1. The van der Waals surface area contributed by atoms with Crippen LogP contribution in [0.15, 0.2) is 72.8 Å². The molecule has 0 N–H and O–H groups in total. The first-order valence-corrected chi connectivity index (χ1v) is 12.8. The van der Waals surface area contributed by atoms with Crippen molar-refractivity contribution in [2.75, 3.05) is 6.54 Å². The second-order valence-corrected chi connectivity index (χ2v) is 10.8. The minimum Gasteiger partial charge on any atom is -0.461 e. The van der Waals surface area contributed by atoms with Crippen molar-refractivity contribution >= 4 is 46.7 Å². The van der Waals surface area contributed by atoms with Crippen LogP contribution >= 0.6 is 23.2 Å². The van der Waals surface area contributed by atoms with Gasteiger partial charge in [0, 0.05) is 18.7 Å². The number of carbonyl (C=O) groups is 3. The third-order valence-corrected chi connectivity index (χ3v) is 9.05. The Labute approximate surface area is 227 Å². The topological polar surface area (TPSA) is 107 Å². The van der Waals surface area contributed by atoms with Gasteiger partial charge in [0.1, 0.15) is 16.4 Å². The van der Waals surface area contributed by atoms with Gasteiger partial charge < -0.3 is 4.74 Å². The number of nitrogens with zero attached hydrogens (tertiary/aromatic N) is 2. The van der Waals surface area contributed by atoms with Gasteiger partial charge >= 0.3 is 5.97 Å². The van der Waals surface area contributed by atoms with Gasteiger partial charge in [0.05, 0.1) is 23.2 Å². The lowest BCUT2D eigenvalue weighted by molar-refractivity contribution is -0.384. The Hall–Kier alpha value is -3.75. The van der Waals surface area contributed by atoms with E-state index >= 15 is 0 Å². The van der Waals surface area contributed by atoms with E-state index in [0.717, 1.165) is 4.90 Å². The number of carbonyl (C=O) groups excluding carboxylic acids is 3. The van der Waals surface area contributed by atoms with E-state index in [0.29, 0.717) is 27.8 Å². The van der Waals surface area contributed by atoms with Gasteiger partial charge in [-0.2, -0.15) is 0 Å². The molecular formula is C28H20Cl2N2O6. The van der Waals surface area contributed by atoms with Crippen molar-refractivity contribution in [1.82, 2.24) is 4.90 Å². The molecule has 192 valence electrons. The number of hydrogen-bond acceptors (Lipinski definition) is 6. The largest absolute Gasteiger partial charge is 0.461 e. The summed E-state index contributed by atoms with van der Waals surface area (Å²) in [6, 6.07) is 20.4. The van der Waals surface area contributed by atoms with E-state index in [-0.39, 0.29) is 25.3 Å². The minimum absolute atomic E-state index is 0.0694. The van der Waals surface area contributed by atoms with E-state index in [9.17, 15) is 24.5 Å². The maximum atomic E-state index is 13.7. The molecule has 1 fully saturated rings. The molecule has 4 aliphatic rings. The second kappa shape index (κ2) is 8.64. The van der Waals surface area contributed by atoms with Crippen LogP contribution in [0.3, 0.4) is 0 Å². The monoisotopic (exact) mass is 550 g/mol. The van der Waals surface area contributed by atoms with E-state index in [4.69, 9.17) is 27.9 Å². The highest BCUT2D eigenvalue weighted by atomic mass is 35.5. The molecule has 0 saturated carbocycles. The Morgan fingerprint density at radius 2 is 1.29 bits per heavy atom. The zero-order valence-electron chi connectivity index (χ0n) is 19.8. The Balaban J connectivity index is 1.24. The highest BCUT2D eigenvalue weighted by Crippen LogP contribution is 2.69. The highest BCUT2D eigenvalue weighted by Gasteiger charge is 2.72. The molecule has 2 bridgehead atoms. The van der Waals surface area contributed by atoms with Crippen LogP contribution in [0.5, 0.6) is 0 Å². The fraction of sp³-hybridized carbons (Fsp3) is 0.250. The summed E-state index contributed by atoms with van der Waals surface area (Å²) in [5.41, 5.74) is 3.34. The van der Waals surface area contributed by atoms with Gasteiger partial charge in [0.2, 0.25) is 11.8 Å². The van der Waals surface area contributed by atoms with Gasteiger partial charge in [-0.1, -0.05) is 48.5 Å². The SMILES string of the molecule is O=C(CCN1C(=O)[C@@H]2[C@@H](C1=O)C1(Cl)c3ccccc3C2(Cl)c2ccccc21)OCc1ccc([N+](=O)[O-])cc1. The number of alkyl halides is 2. The summed E-state index contributed by atoms with van der Waals surface area (Å²) in [6.07, 6.45) is -0.214. The van der Waals surface area contributed by atoms with Gasteiger partial charge in [0.25, 0.3) is 5.69 Å².